The van der Waals surface area contributed by atoms with Crippen molar-refractivity contribution in [1.29, 1.82) is 0 Å². The molecule has 1 saturated heterocycles. The molecule has 94 valence electrons. The highest BCUT2D eigenvalue weighted by atomic mass is 16.5. The van der Waals surface area contributed by atoms with Gasteiger partial charge in [0, 0.05) is 19.3 Å². The second kappa shape index (κ2) is 6.61. The third-order valence-electron chi connectivity index (χ3n) is 4.36. The number of rotatable bonds is 5. The molecule has 1 atom stereocenters. The Labute approximate surface area is 100 Å². The standard InChI is InChI=1S/C14H27NO/c1-2-15-14(13-5-3-4-6-13)11-12-7-9-16-10-8-12/h12-15H,2-11H2,1H3. The molecule has 2 nitrogen and oxygen atoms in total. The summed E-state index contributed by atoms with van der Waals surface area (Å²) in [6.45, 7) is 5.36. The van der Waals surface area contributed by atoms with E-state index in [9.17, 15) is 0 Å². The fourth-order valence-electron chi connectivity index (χ4n) is 3.41. The van der Waals surface area contributed by atoms with Crippen LogP contribution in [-0.4, -0.2) is 25.8 Å². The van der Waals surface area contributed by atoms with E-state index in [1.165, 1.54) is 44.9 Å². The smallest absolute Gasteiger partial charge is 0.0468 e. The molecule has 0 radical (unpaired) electrons. The molecule has 0 bridgehead atoms. The van der Waals surface area contributed by atoms with Crippen molar-refractivity contribution in [3.8, 4) is 0 Å². The molecular formula is C14H27NO. The van der Waals surface area contributed by atoms with Crippen molar-refractivity contribution in [2.75, 3.05) is 19.8 Å². The average molecular weight is 225 g/mol. The summed E-state index contributed by atoms with van der Waals surface area (Å²) in [5.74, 6) is 1.88. The van der Waals surface area contributed by atoms with Crippen LogP contribution in [0.3, 0.4) is 0 Å². The molecule has 2 aliphatic rings. The summed E-state index contributed by atoms with van der Waals surface area (Å²) >= 11 is 0. The van der Waals surface area contributed by atoms with Gasteiger partial charge in [-0.1, -0.05) is 19.8 Å². The quantitative estimate of drug-likeness (QED) is 0.776. The first kappa shape index (κ1) is 12.4. The predicted molar refractivity (Wildman–Crippen MR) is 67.6 cm³/mol. The second-order valence-corrected chi connectivity index (χ2v) is 5.50. The largest absolute Gasteiger partial charge is 0.381 e. The van der Waals surface area contributed by atoms with Crippen LogP contribution >= 0.6 is 0 Å². The molecular weight excluding hydrogens is 198 g/mol. The number of ether oxygens (including phenoxy) is 1. The monoisotopic (exact) mass is 225 g/mol. The molecule has 1 N–H and O–H groups in total. The first-order valence-electron chi connectivity index (χ1n) is 7.21. The van der Waals surface area contributed by atoms with Crippen molar-refractivity contribution >= 4 is 0 Å². The van der Waals surface area contributed by atoms with Gasteiger partial charge in [-0.25, -0.2) is 0 Å². The summed E-state index contributed by atoms with van der Waals surface area (Å²) < 4.78 is 5.45. The maximum Gasteiger partial charge on any atom is 0.0468 e. The van der Waals surface area contributed by atoms with Crippen molar-refractivity contribution < 1.29 is 4.74 Å². The Morgan fingerprint density at radius 3 is 2.44 bits per heavy atom. The van der Waals surface area contributed by atoms with Crippen LogP contribution in [0.1, 0.15) is 51.9 Å². The maximum absolute atomic E-state index is 5.45. The van der Waals surface area contributed by atoms with Gasteiger partial charge in [0.1, 0.15) is 0 Å². The minimum Gasteiger partial charge on any atom is -0.381 e. The summed E-state index contributed by atoms with van der Waals surface area (Å²) in [5.41, 5.74) is 0. The zero-order valence-electron chi connectivity index (χ0n) is 10.7. The molecule has 0 spiro atoms. The molecule has 1 aliphatic carbocycles. The Hall–Kier alpha value is -0.0800. The van der Waals surface area contributed by atoms with Crippen molar-refractivity contribution in [3.63, 3.8) is 0 Å². The van der Waals surface area contributed by atoms with Gasteiger partial charge in [0.25, 0.3) is 0 Å². The third kappa shape index (κ3) is 3.46. The van der Waals surface area contributed by atoms with E-state index >= 15 is 0 Å². The van der Waals surface area contributed by atoms with Gasteiger partial charge in [-0.05, 0) is 50.5 Å². The van der Waals surface area contributed by atoms with E-state index in [0.717, 1.165) is 37.6 Å². The maximum atomic E-state index is 5.45. The Kier molecular flexibility index (Phi) is 5.11. The molecule has 0 aromatic heterocycles. The molecule has 1 saturated carbocycles. The topological polar surface area (TPSA) is 21.3 Å². The lowest BCUT2D eigenvalue weighted by Gasteiger charge is -2.30. The first-order valence-corrected chi connectivity index (χ1v) is 7.21. The Morgan fingerprint density at radius 2 is 1.81 bits per heavy atom. The van der Waals surface area contributed by atoms with Gasteiger partial charge in [-0.15, -0.1) is 0 Å². The summed E-state index contributed by atoms with van der Waals surface area (Å²) in [4.78, 5) is 0. The number of hydrogen-bond donors (Lipinski definition) is 1. The van der Waals surface area contributed by atoms with Crippen LogP contribution < -0.4 is 5.32 Å². The van der Waals surface area contributed by atoms with Crippen LogP contribution in [0.15, 0.2) is 0 Å². The normalized spacial score (nSPS) is 26.1. The molecule has 1 aliphatic heterocycles. The Bertz CT molecular complexity index is 183. The van der Waals surface area contributed by atoms with Gasteiger partial charge in [0.05, 0.1) is 0 Å². The predicted octanol–water partition coefficient (Wildman–Crippen LogP) is 2.97. The SMILES string of the molecule is CCNC(CC1CCOCC1)C1CCCC1. The van der Waals surface area contributed by atoms with Crippen LogP contribution in [0.2, 0.25) is 0 Å². The van der Waals surface area contributed by atoms with E-state index in [4.69, 9.17) is 4.74 Å². The van der Waals surface area contributed by atoms with E-state index < -0.39 is 0 Å². The molecule has 0 aromatic carbocycles. The summed E-state index contributed by atoms with van der Waals surface area (Å²) in [6, 6.07) is 0.788. The Morgan fingerprint density at radius 1 is 1.12 bits per heavy atom. The van der Waals surface area contributed by atoms with E-state index in [2.05, 4.69) is 12.2 Å². The molecule has 2 fully saturated rings. The zero-order valence-corrected chi connectivity index (χ0v) is 10.7. The highest BCUT2D eigenvalue weighted by Gasteiger charge is 2.27. The molecule has 0 aromatic rings. The lowest BCUT2D eigenvalue weighted by molar-refractivity contribution is 0.0580. The van der Waals surface area contributed by atoms with Crippen LogP contribution in [0.25, 0.3) is 0 Å². The highest BCUT2D eigenvalue weighted by Crippen LogP contribution is 2.32. The molecule has 2 heteroatoms. The van der Waals surface area contributed by atoms with Crippen LogP contribution in [-0.2, 0) is 4.74 Å². The van der Waals surface area contributed by atoms with Crippen LogP contribution in [0.5, 0.6) is 0 Å². The van der Waals surface area contributed by atoms with Gasteiger partial charge in [-0.3, -0.25) is 0 Å². The minimum absolute atomic E-state index is 0.788. The van der Waals surface area contributed by atoms with Crippen LogP contribution in [0.4, 0.5) is 0 Å². The van der Waals surface area contributed by atoms with Crippen molar-refractivity contribution in [3.05, 3.63) is 0 Å². The molecule has 2 rings (SSSR count). The van der Waals surface area contributed by atoms with Crippen molar-refractivity contribution in [1.82, 2.24) is 5.32 Å². The molecule has 1 unspecified atom stereocenters. The van der Waals surface area contributed by atoms with Gasteiger partial charge in [0.2, 0.25) is 0 Å². The molecule has 0 amide bonds. The number of nitrogens with one attached hydrogen (secondary N) is 1. The van der Waals surface area contributed by atoms with Crippen molar-refractivity contribution in [2.45, 2.75) is 57.9 Å². The number of hydrogen-bond acceptors (Lipinski definition) is 2. The second-order valence-electron chi connectivity index (χ2n) is 5.50. The van der Waals surface area contributed by atoms with E-state index in [1.807, 2.05) is 0 Å². The zero-order chi connectivity index (χ0) is 11.2. The van der Waals surface area contributed by atoms with Gasteiger partial charge in [0.15, 0.2) is 0 Å². The minimum atomic E-state index is 0.788. The van der Waals surface area contributed by atoms with Gasteiger partial charge in [-0.2, -0.15) is 0 Å². The molecule has 16 heavy (non-hydrogen) atoms. The lowest BCUT2D eigenvalue weighted by atomic mass is 9.86. The first-order chi connectivity index (χ1) is 7.90. The average Bonchev–Trinajstić information content (AvgIpc) is 2.83. The summed E-state index contributed by atoms with van der Waals surface area (Å²) in [6.07, 6.45) is 9.80. The fourth-order valence-corrected chi connectivity index (χ4v) is 3.41. The van der Waals surface area contributed by atoms with Crippen molar-refractivity contribution in [2.24, 2.45) is 11.8 Å². The highest BCUT2D eigenvalue weighted by molar-refractivity contribution is 4.83. The van der Waals surface area contributed by atoms with Gasteiger partial charge >= 0.3 is 0 Å². The Balaban J connectivity index is 1.80. The summed E-state index contributed by atoms with van der Waals surface area (Å²) in [5, 5.41) is 3.73. The van der Waals surface area contributed by atoms with E-state index in [0.29, 0.717) is 0 Å². The van der Waals surface area contributed by atoms with E-state index in [-0.39, 0.29) is 0 Å². The van der Waals surface area contributed by atoms with Crippen LogP contribution in [0, 0.1) is 11.8 Å². The summed E-state index contributed by atoms with van der Waals surface area (Å²) in [7, 11) is 0. The molecule has 1 heterocycles. The van der Waals surface area contributed by atoms with E-state index in [1.54, 1.807) is 0 Å². The fraction of sp³-hybridized carbons (Fsp3) is 1.00. The van der Waals surface area contributed by atoms with Gasteiger partial charge < -0.3 is 10.1 Å². The third-order valence-corrected chi connectivity index (χ3v) is 4.36. The lowest BCUT2D eigenvalue weighted by Crippen LogP contribution is -2.37.